The molecule has 1 aliphatic carbocycles. The molecule has 0 saturated heterocycles. The van der Waals surface area contributed by atoms with E-state index in [9.17, 15) is 5.11 Å². The molecular weight excluding hydrogens is 174 g/mol. The molecule has 1 aromatic rings. The van der Waals surface area contributed by atoms with Gasteiger partial charge in [0.2, 0.25) is 0 Å². The van der Waals surface area contributed by atoms with Crippen LogP contribution in [0.5, 0.6) is 0 Å². The first-order valence-electron chi connectivity index (χ1n) is 5.18. The molecule has 3 N–H and O–H groups in total. The van der Waals surface area contributed by atoms with E-state index in [1.807, 2.05) is 0 Å². The Kier molecular flexibility index (Phi) is 2.33. The van der Waals surface area contributed by atoms with Crippen molar-refractivity contribution in [1.29, 1.82) is 0 Å². The highest BCUT2D eigenvalue weighted by atomic mass is 16.3. The quantitative estimate of drug-likeness (QED) is 0.743. The number of nitrogens with two attached hydrogens (primary N) is 1. The molecule has 2 nitrogen and oxygen atoms in total. The first-order chi connectivity index (χ1) is 6.65. The lowest BCUT2D eigenvalue weighted by Crippen LogP contribution is -2.25. The summed E-state index contributed by atoms with van der Waals surface area (Å²) in [5, 5.41) is 10.4. The third kappa shape index (κ3) is 1.45. The second-order valence-corrected chi connectivity index (χ2v) is 4.23. The van der Waals surface area contributed by atoms with Crippen molar-refractivity contribution in [3.63, 3.8) is 0 Å². The van der Waals surface area contributed by atoms with E-state index in [0.29, 0.717) is 13.0 Å². The fraction of sp³-hybridized carbons (Fsp3) is 0.500. The van der Waals surface area contributed by atoms with Crippen LogP contribution < -0.4 is 5.73 Å². The molecule has 2 heteroatoms. The van der Waals surface area contributed by atoms with E-state index < -0.39 is 5.60 Å². The van der Waals surface area contributed by atoms with Crippen molar-refractivity contribution in [1.82, 2.24) is 0 Å². The van der Waals surface area contributed by atoms with Gasteiger partial charge in [0, 0.05) is 0 Å². The van der Waals surface area contributed by atoms with Crippen molar-refractivity contribution in [2.24, 2.45) is 5.73 Å². The molecule has 0 saturated carbocycles. The molecule has 0 bridgehead atoms. The topological polar surface area (TPSA) is 46.2 Å². The second-order valence-electron chi connectivity index (χ2n) is 4.23. The summed E-state index contributed by atoms with van der Waals surface area (Å²) in [5.41, 5.74) is 8.47. The summed E-state index contributed by atoms with van der Waals surface area (Å²) in [6, 6.07) is 6.32. The SMILES string of the molecule is Cc1ccc2c(c1)C(O)(CCN)CC2. The van der Waals surface area contributed by atoms with Gasteiger partial charge < -0.3 is 10.8 Å². The zero-order valence-corrected chi connectivity index (χ0v) is 8.59. The standard InChI is InChI=1S/C12H17NO/c1-9-2-3-10-4-5-12(14,6-7-13)11(10)8-9/h2-3,8,14H,4-7,13H2,1H3. The molecule has 0 heterocycles. The molecule has 0 fully saturated rings. The molecule has 0 aromatic heterocycles. The number of aliphatic hydroxyl groups is 1. The fourth-order valence-electron chi connectivity index (χ4n) is 2.32. The summed E-state index contributed by atoms with van der Waals surface area (Å²) >= 11 is 0. The summed E-state index contributed by atoms with van der Waals surface area (Å²) < 4.78 is 0. The predicted molar refractivity (Wildman–Crippen MR) is 57.1 cm³/mol. The third-order valence-corrected chi connectivity index (χ3v) is 3.13. The van der Waals surface area contributed by atoms with Crippen molar-refractivity contribution in [2.75, 3.05) is 6.54 Å². The Morgan fingerprint density at radius 3 is 3.00 bits per heavy atom. The maximum absolute atomic E-state index is 10.4. The maximum Gasteiger partial charge on any atom is 0.0914 e. The van der Waals surface area contributed by atoms with Crippen molar-refractivity contribution in [3.8, 4) is 0 Å². The lowest BCUT2D eigenvalue weighted by atomic mass is 9.91. The molecule has 0 aliphatic heterocycles. The molecule has 76 valence electrons. The summed E-state index contributed by atoms with van der Waals surface area (Å²) in [6.45, 7) is 2.60. The lowest BCUT2D eigenvalue weighted by Gasteiger charge is -2.23. The Balaban J connectivity index is 2.41. The number of rotatable bonds is 2. The van der Waals surface area contributed by atoms with Crippen LogP contribution in [-0.2, 0) is 12.0 Å². The molecule has 1 aromatic carbocycles. The van der Waals surface area contributed by atoms with Gasteiger partial charge in [-0.3, -0.25) is 0 Å². The largest absolute Gasteiger partial charge is 0.385 e. The van der Waals surface area contributed by atoms with Crippen LogP contribution in [0.3, 0.4) is 0 Å². The minimum Gasteiger partial charge on any atom is -0.385 e. The molecule has 14 heavy (non-hydrogen) atoms. The van der Waals surface area contributed by atoms with Crippen molar-refractivity contribution in [2.45, 2.75) is 31.8 Å². The first-order valence-corrected chi connectivity index (χ1v) is 5.18. The molecular formula is C12H17NO. The van der Waals surface area contributed by atoms with Crippen LogP contribution in [0.1, 0.15) is 29.5 Å². The Hall–Kier alpha value is -0.860. The number of benzene rings is 1. The number of fused-ring (bicyclic) bond motifs is 1. The van der Waals surface area contributed by atoms with Gasteiger partial charge in [-0.2, -0.15) is 0 Å². The van der Waals surface area contributed by atoms with Crippen LogP contribution >= 0.6 is 0 Å². The molecule has 2 rings (SSSR count). The highest BCUT2D eigenvalue weighted by Gasteiger charge is 2.35. The molecule has 1 atom stereocenters. The predicted octanol–water partition coefficient (Wildman–Crippen LogP) is 1.48. The Morgan fingerprint density at radius 1 is 1.50 bits per heavy atom. The van der Waals surface area contributed by atoms with E-state index in [4.69, 9.17) is 5.73 Å². The summed E-state index contributed by atoms with van der Waals surface area (Å²) in [7, 11) is 0. The Bertz CT molecular complexity index is 344. The van der Waals surface area contributed by atoms with Gasteiger partial charge >= 0.3 is 0 Å². The first kappa shape index (κ1) is 9.69. The minimum absolute atomic E-state index is 0.546. The van der Waals surface area contributed by atoms with E-state index in [0.717, 1.165) is 18.4 Å². The molecule has 0 amide bonds. The van der Waals surface area contributed by atoms with Crippen molar-refractivity contribution < 1.29 is 5.11 Å². The number of aryl methyl sites for hydroxylation is 2. The van der Waals surface area contributed by atoms with Crippen LogP contribution in [0.15, 0.2) is 18.2 Å². The zero-order chi connectivity index (χ0) is 10.2. The maximum atomic E-state index is 10.4. The third-order valence-electron chi connectivity index (χ3n) is 3.13. The van der Waals surface area contributed by atoms with Gasteiger partial charge in [-0.15, -0.1) is 0 Å². The van der Waals surface area contributed by atoms with Crippen LogP contribution in [0.4, 0.5) is 0 Å². The summed E-state index contributed by atoms with van der Waals surface area (Å²) in [6.07, 6.45) is 2.47. The lowest BCUT2D eigenvalue weighted by molar-refractivity contribution is 0.0320. The summed E-state index contributed by atoms with van der Waals surface area (Å²) in [5.74, 6) is 0. The van der Waals surface area contributed by atoms with Crippen molar-refractivity contribution in [3.05, 3.63) is 34.9 Å². The molecule has 0 radical (unpaired) electrons. The fourth-order valence-corrected chi connectivity index (χ4v) is 2.32. The normalized spacial score (nSPS) is 25.1. The van der Waals surface area contributed by atoms with Crippen molar-refractivity contribution >= 4 is 0 Å². The van der Waals surface area contributed by atoms with Gasteiger partial charge in [0.15, 0.2) is 0 Å². The Labute approximate surface area is 84.7 Å². The van der Waals surface area contributed by atoms with Crippen LogP contribution in [-0.4, -0.2) is 11.7 Å². The zero-order valence-electron chi connectivity index (χ0n) is 8.59. The molecule has 0 spiro atoms. The van der Waals surface area contributed by atoms with Gasteiger partial charge in [0.1, 0.15) is 0 Å². The van der Waals surface area contributed by atoms with E-state index in [1.165, 1.54) is 11.1 Å². The average Bonchev–Trinajstić information content (AvgIpc) is 2.45. The van der Waals surface area contributed by atoms with E-state index in [-0.39, 0.29) is 0 Å². The summed E-state index contributed by atoms with van der Waals surface area (Å²) in [4.78, 5) is 0. The highest BCUT2D eigenvalue weighted by molar-refractivity contribution is 5.39. The Morgan fingerprint density at radius 2 is 2.29 bits per heavy atom. The number of hydrogen-bond donors (Lipinski definition) is 2. The van der Waals surface area contributed by atoms with Crippen LogP contribution in [0.25, 0.3) is 0 Å². The van der Waals surface area contributed by atoms with E-state index in [1.54, 1.807) is 0 Å². The van der Waals surface area contributed by atoms with Crippen LogP contribution in [0, 0.1) is 6.92 Å². The van der Waals surface area contributed by atoms with Gasteiger partial charge in [-0.1, -0.05) is 23.8 Å². The number of hydrogen-bond acceptors (Lipinski definition) is 2. The van der Waals surface area contributed by atoms with Gasteiger partial charge in [-0.05, 0) is 43.9 Å². The van der Waals surface area contributed by atoms with Gasteiger partial charge in [0.25, 0.3) is 0 Å². The molecule has 1 aliphatic rings. The van der Waals surface area contributed by atoms with Gasteiger partial charge in [0.05, 0.1) is 5.60 Å². The monoisotopic (exact) mass is 191 g/mol. The highest BCUT2D eigenvalue weighted by Crippen LogP contribution is 2.39. The minimum atomic E-state index is -0.657. The smallest absolute Gasteiger partial charge is 0.0914 e. The van der Waals surface area contributed by atoms with Crippen LogP contribution in [0.2, 0.25) is 0 Å². The average molecular weight is 191 g/mol. The van der Waals surface area contributed by atoms with E-state index >= 15 is 0 Å². The molecule has 1 unspecified atom stereocenters. The van der Waals surface area contributed by atoms with E-state index in [2.05, 4.69) is 25.1 Å². The second kappa shape index (κ2) is 3.37. The van der Waals surface area contributed by atoms with Gasteiger partial charge in [-0.25, -0.2) is 0 Å².